The number of fused-ring (bicyclic) bond motifs is 1. The van der Waals surface area contributed by atoms with E-state index in [0.717, 1.165) is 16.9 Å². The lowest BCUT2D eigenvalue weighted by Gasteiger charge is -2.19. The van der Waals surface area contributed by atoms with E-state index in [4.69, 9.17) is 9.47 Å². The van der Waals surface area contributed by atoms with E-state index < -0.39 is 0 Å². The lowest BCUT2D eigenvalue weighted by Crippen LogP contribution is -2.32. The van der Waals surface area contributed by atoms with Gasteiger partial charge in [-0.3, -0.25) is 4.79 Å². The summed E-state index contributed by atoms with van der Waals surface area (Å²) in [6, 6.07) is 11.8. The van der Waals surface area contributed by atoms with Gasteiger partial charge in [0.1, 0.15) is 12.4 Å². The average Bonchev–Trinajstić information content (AvgIpc) is 2.83. The normalized spacial score (nSPS) is 13.6. The molecule has 0 radical (unpaired) electrons. The summed E-state index contributed by atoms with van der Waals surface area (Å²) in [5.74, 6) is 1.62. The monoisotopic (exact) mass is 326 g/mol. The Morgan fingerprint density at radius 3 is 3.12 bits per heavy atom. The average molecular weight is 326 g/mol. The number of nitrogens with zero attached hydrogens (tertiary/aromatic N) is 2. The minimum atomic E-state index is 0.136. The molecule has 0 fully saturated rings. The van der Waals surface area contributed by atoms with Crippen LogP contribution in [0.1, 0.15) is 24.5 Å². The van der Waals surface area contributed by atoms with Gasteiger partial charge in [0.2, 0.25) is 11.8 Å². The first-order chi connectivity index (χ1) is 11.8. The number of carbonyl (C=O) groups is 1. The Morgan fingerprint density at radius 1 is 1.33 bits per heavy atom. The van der Waals surface area contributed by atoms with Gasteiger partial charge in [0.15, 0.2) is 0 Å². The highest BCUT2D eigenvalue weighted by atomic mass is 16.5. The van der Waals surface area contributed by atoms with E-state index in [-0.39, 0.29) is 5.91 Å². The maximum absolute atomic E-state index is 12.6. The zero-order valence-corrected chi connectivity index (χ0v) is 13.9. The SMILES string of the molecule is CCOc1cccc(CCC(=O)N2CCOc3ncccc3C2)c1. The predicted molar refractivity (Wildman–Crippen MR) is 91.1 cm³/mol. The molecule has 0 unspecified atom stereocenters. The molecule has 0 bridgehead atoms. The van der Waals surface area contributed by atoms with Gasteiger partial charge in [-0.05, 0) is 37.1 Å². The van der Waals surface area contributed by atoms with Crippen LogP contribution in [0.4, 0.5) is 0 Å². The number of hydrogen-bond acceptors (Lipinski definition) is 4. The first-order valence-electron chi connectivity index (χ1n) is 8.32. The Hall–Kier alpha value is -2.56. The van der Waals surface area contributed by atoms with Crippen molar-refractivity contribution in [3.05, 3.63) is 53.7 Å². The summed E-state index contributed by atoms with van der Waals surface area (Å²) in [7, 11) is 0. The number of amides is 1. The van der Waals surface area contributed by atoms with Crippen molar-refractivity contribution in [3.63, 3.8) is 0 Å². The fourth-order valence-corrected chi connectivity index (χ4v) is 2.79. The Labute approximate surface area is 142 Å². The van der Waals surface area contributed by atoms with E-state index >= 15 is 0 Å². The molecule has 2 heterocycles. The van der Waals surface area contributed by atoms with Crippen molar-refractivity contribution in [3.8, 4) is 11.6 Å². The van der Waals surface area contributed by atoms with Gasteiger partial charge in [-0.1, -0.05) is 18.2 Å². The Balaban J connectivity index is 1.60. The quantitative estimate of drug-likeness (QED) is 0.848. The first kappa shape index (κ1) is 16.3. The summed E-state index contributed by atoms with van der Waals surface area (Å²) >= 11 is 0. The number of benzene rings is 1. The van der Waals surface area contributed by atoms with Crippen molar-refractivity contribution in [2.24, 2.45) is 0 Å². The molecule has 0 spiro atoms. The fourth-order valence-electron chi connectivity index (χ4n) is 2.79. The molecule has 5 nitrogen and oxygen atoms in total. The highest BCUT2D eigenvalue weighted by molar-refractivity contribution is 5.76. The Bertz CT molecular complexity index is 703. The van der Waals surface area contributed by atoms with Gasteiger partial charge in [-0.2, -0.15) is 0 Å². The van der Waals surface area contributed by atoms with Crippen molar-refractivity contribution in [1.82, 2.24) is 9.88 Å². The van der Waals surface area contributed by atoms with Gasteiger partial charge in [-0.25, -0.2) is 4.98 Å². The van der Waals surface area contributed by atoms with E-state index in [0.29, 0.717) is 45.0 Å². The van der Waals surface area contributed by atoms with Crippen LogP contribution in [0.15, 0.2) is 42.6 Å². The lowest BCUT2D eigenvalue weighted by molar-refractivity contribution is -0.131. The molecule has 1 aliphatic rings. The minimum absolute atomic E-state index is 0.136. The van der Waals surface area contributed by atoms with Crippen molar-refractivity contribution in [2.45, 2.75) is 26.3 Å². The number of pyridine rings is 1. The van der Waals surface area contributed by atoms with Crippen molar-refractivity contribution in [2.75, 3.05) is 19.8 Å². The molecular formula is C19H22N2O3. The third-order valence-electron chi connectivity index (χ3n) is 4.00. The van der Waals surface area contributed by atoms with Crippen LogP contribution in [-0.2, 0) is 17.8 Å². The predicted octanol–water partition coefficient (Wildman–Crippen LogP) is 2.83. The molecule has 3 rings (SSSR count). The number of aryl methyl sites for hydroxylation is 1. The van der Waals surface area contributed by atoms with E-state index in [1.54, 1.807) is 6.20 Å². The summed E-state index contributed by atoms with van der Waals surface area (Å²) in [5.41, 5.74) is 2.07. The summed E-state index contributed by atoms with van der Waals surface area (Å²) in [5, 5.41) is 0. The molecule has 2 aromatic rings. The third kappa shape index (κ3) is 4.04. The van der Waals surface area contributed by atoms with E-state index in [1.165, 1.54) is 0 Å². The van der Waals surface area contributed by atoms with Crippen molar-refractivity contribution < 1.29 is 14.3 Å². The van der Waals surface area contributed by atoms with E-state index in [9.17, 15) is 4.79 Å². The van der Waals surface area contributed by atoms with Crippen LogP contribution in [0.25, 0.3) is 0 Å². The molecule has 24 heavy (non-hydrogen) atoms. The van der Waals surface area contributed by atoms with Gasteiger partial charge in [0, 0.05) is 18.2 Å². The van der Waals surface area contributed by atoms with Gasteiger partial charge in [0.05, 0.1) is 19.7 Å². The lowest BCUT2D eigenvalue weighted by atomic mass is 10.1. The molecule has 126 valence electrons. The smallest absolute Gasteiger partial charge is 0.223 e. The molecule has 1 aromatic heterocycles. The van der Waals surface area contributed by atoms with Gasteiger partial charge < -0.3 is 14.4 Å². The molecule has 1 aromatic carbocycles. The second-order valence-electron chi connectivity index (χ2n) is 5.71. The molecule has 0 N–H and O–H groups in total. The molecular weight excluding hydrogens is 304 g/mol. The number of rotatable bonds is 5. The number of hydrogen-bond donors (Lipinski definition) is 0. The van der Waals surface area contributed by atoms with Crippen molar-refractivity contribution >= 4 is 5.91 Å². The molecule has 0 saturated heterocycles. The number of carbonyl (C=O) groups excluding carboxylic acids is 1. The molecule has 0 atom stereocenters. The molecule has 0 aliphatic carbocycles. The van der Waals surface area contributed by atoms with Crippen LogP contribution in [-0.4, -0.2) is 35.5 Å². The summed E-state index contributed by atoms with van der Waals surface area (Å²) < 4.78 is 11.1. The summed E-state index contributed by atoms with van der Waals surface area (Å²) in [6.45, 7) is 4.23. The van der Waals surface area contributed by atoms with Gasteiger partial charge in [0.25, 0.3) is 0 Å². The van der Waals surface area contributed by atoms with Crippen LogP contribution in [0.5, 0.6) is 11.6 Å². The Morgan fingerprint density at radius 2 is 2.25 bits per heavy atom. The fraction of sp³-hybridized carbons (Fsp3) is 0.368. The molecule has 5 heteroatoms. The zero-order chi connectivity index (χ0) is 16.8. The van der Waals surface area contributed by atoms with E-state index in [2.05, 4.69) is 4.98 Å². The first-order valence-corrected chi connectivity index (χ1v) is 8.32. The maximum Gasteiger partial charge on any atom is 0.223 e. The van der Waals surface area contributed by atoms with Crippen LogP contribution < -0.4 is 9.47 Å². The molecule has 1 amide bonds. The molecule has 1 aliphatic heterocycles. The maximum atomic E-state index is 12.6. The summed E-state index contributed by atoms with van der Waals surface area (Å²) in [4.78, 5) is 18.6. The summed E-state index contributed by atoms with van der Waals surface area (Å²) in [6.07, 6.45) is 2.89. The second kappa shape index (κ2) is 7.81. The highest BCUT2D eigenvalue weighted by Crippen LogP contribution is 2.21. The zero-order valence-electron chi connectivity index (χ0n) is 13.9. The van der Waals surface area contributed by atoms with Gasteiger partial charge in [-0.15, -0.1) is 0 Å². The standard InChI is InChI=1S/C19H22N2O3/c1-2-23-17-7-3-5-15(13-17)8-9-18(22)21-11-12-24-19-16(14-21)6-4-10-20-19/h3-7,10,13H,2,8-9,11-12,14H2,1H3. The van der Waals surface area contributed by atoms with Gasteiger partial charge >= 0.3 is 0 Å². The highest BCUT2D eigenvalue weighted by Gasteiger charge is 2.20. The Kier molecular flexibility index (Phi) is 5.31. The third-order valence-corrected chi connectivity index (χ3v) is 4.00. The second-order valence-corrected chi connectivity index (χ2v) is 5.71. The molecule has 0 saturated carbocycles. The van der Waals surface area contributed by atoms with Crippen LogP contribution >= 0.6 is 0 Å². The minimum Gasteiger partial charge on any atom is -0.494 e. The topological polar surface area (TPSA) is 51.7 Å². The van der Waals surface area contributed by atoms with Crippen LogP contribution in [0.2, 0.25) is 0 Å². The number of ether oxygens (including phenoxy) is 2. The largest absolute Gasteiger partial charge is 0.494 e. The van der Waals surface area contributed by atoms with Crippen molar-refractivity contribution in [1.29, 1.82) is 0 Å². The number of aromatic nitrogens is 1. The van der Waals surface area contributed by atoms with Crippen LogP contribution in [0.3, 0.4) is 0 Å². The van der Waals surface area contributed by atoms with E-state index in [1.807, 2.05) is 48.2 Å². The van der Waals surface area contributed by atoms with Crippen LogP contribution in [0, 0.1) is 0 Å².